The average Bonchev–Trinajstić information content (AvgIpc) is 2.68. The Labute approximate surface area is 154 Å². The number of hydrogen-bond donors (Lipinski definition) is 1. The van der Waals surface area contributed by atoms with E-state index in [2.05, 4.69) is 10.1 Å². The molecular weight excluding hydrogens is 350 g/mol. The number of hydrogen-bond acceptors (Lipinski definition) is 5. The minimum absolute atomic E-state index is 0.0504. The molecule has 0 aliphatic rings. The van der Waals surface area contributed by atoms with Gasteiger partial charge in [0, 0.05) is 11.9 Å². The maximum atomic E-state index is 12.8. The number of esters is 1. The molecular formula is C20H23NO4S. The van der Waals surface area contributed by atoms with Gasteiger partial charge >= 0.3 is 5.97 Å². The highest BCUT2D eigenvalue weighted by molar-refractivity contribution is 7.96. The summed E-state index contributed by atoms with van der Waals surface area (Å²) in [6.45, 7) is 4.03. The maximum absolute atomic E-state index is 12.8. The zero-order chi connectivity index (χ0) is 19.2. The Bertz CT molecular complexity index is 882. The topological polar surface area (TPSA) is 72.5 Å². The fourth-order valence-corrected chi connectivity index (χ4v) is 3.63. The van der Waals surface area contributed by atoms with Gasteiger partial charge in [0.1, 0.15) is 0 Å². The summed E-state index contributed by atoms with van der Waals surface area (Å²) >= 11 is 0. The maximum Gasteiger partial charge on any atom is 0.351 e. The van der Waals surface area contributed by atoms with Gasteiger partial charge in [0.2, 0.25) is 9.84 Å². The minimum Gasteiger partial charge on any atom is -0.465 e. The third kappa shape index (κ3) is 4.52. The molecule has 0 saturated carbocycles. The van der Waals surface area contributed by atoms with E-state index >= 15 is 0 Å². The van der Waals surface area contributed by atoms with Gasteiger partial charge in [0.15, 0.2) is 4.91 Å². The van der Waals surface area contributed by atoms with Crippen molar-refractivity contribution in [1.82, 2.24) is 0 Å². The van der Waals surface area contributed by atoms with Gasteiger partial charge in [-0.3, -0.25) is 0 Å². The van der Waals surface area contributed by atoms with E-state index < -0.39 is 20.7 Å². The summed E-state index contributed by atoms with van der Waals surface area (Å²) in [5.41, 5.74) is 2.86. The number of ether oxygens (including phenoxy) is 1. The first-order valence-electron chi connectivity index (χ1n) is 8.40. The molecule has 0 aliphatic carbocycles. The number of benzene rings is 2. The number of aryl methyl sites for hydroxylation is 2. The van der Waals surface area contributed by atoms with Gasteiger partial charge in [0.25, 0.3) is 0 Å². The first-order chi connectivity index (χ1) is 12.4. The van der Waals surface area contributed by atoms with Crippen molar-refractivity contribution in [2.75, 3.05) is 12.4 Å². The third-order valence-corrected chi connectivity index (χ3v) is 5.81. The van der Waals surface area contributed by atoms with E-state index in [1.807, 2.05) is 38.1 Å². The molecule has 0 bridgehead atoms. The van der Waals surface area contributed by atoms with Gasteiger partial charge < -0.3 is 10.1 Å². The van der Waals surface area contributed by atoms with Crippen LogP contribution in [-0.4, -0.2) is 21.5 Å². The predicted molar refractivity (Wildman–Crippen MR) is 103 cm³/mol. The normalized spacial score (nSPS) is 11.9. The molecule has 0 aromatic heterocycles. The van der Waals surface area contributed by atoms with Crippen LogP contribution in [0.5, 0.6) is 0 Å². The van der Waals surface area contributed by atoms with Crippen LogP contribution in [0.4, 0.5) is 5.69 Å². The van der Waals surface area contributed by atoms with Gasteiger partial charge in [0.05, 0.1) is 12.0 Å². The molecule has 0 unspecified atom stereocenters. The van der Waals surface area contributed by atoms with Crippen molar-refractivity contribution in [1.29, 1.82) is 0 Å². The zero-order valence-corrected chi connectivity index (χ0v) is 16.0. The number of carbonyl (C=O) groups excluding carboxylic acids is 1. The molecule has 2 aromatic rings. The number of methoxy groups -OCH3 is 1. The van der Waals surface area contributed by atoms with E-state index in [-0.39, 0.29) is 4.90 Å². The van der Waals surface area contributed by atoms with Crippen LogP contribution < -0.4 is 5.32 Å². The minimum atomic E-state index is -4.00. The number of anilines is 1. The van der Waals surface area contributed by atoms with E-state index in [0.717, 1.165) is 31.1 Å². The smallest absolute Gasteiger partial charge is 0.351 e. The van der Waals surface area contributed by atoms with Crippen LogP contribution in [0.25, 0.3) is 0 Å². The standard InChI is InChI=1S/C20H23NO4S/c1-4-15-6-10-17(11-7-15)21-14-19(20(22)25-3)26(23,24)18-12-8-16(5-2)9-13-18/h6-14,21H,4-5H2,1-3H3. The Morgan fingerprint density at radius 1 is 0.962 bits per heavy atom. The molecule has 2 rings (SSSR count). The molecule has 0 heterocycles. The molecule has 0 atom stereocenters. The lowest BCUT2D eigenvalue weighted by Crippen LogP contribution is -2.17. The molecule has 6 heteroatoms. The second-order valence-corrected chi connectivity index (χ2v) is 7.61. The second-order valence-electron chi connectivity index (χ2n) is 5.70. The van der Waals surface area contributed by atoms with E-state index in [1.165, 1.54) is 18.3 Å². The molecule has 26 heavy (non-hydrogen) atoms. The SMILES string of the molecule is CCc1ccc(NC=C(C(=O)OC)S(=O)(=O)c2ccc(CC)cc2)cc1. The quantitative estimate of drug-likeness (QED) is 0.592. The van der Waals surface area contributed by atoms with Gasteiger partial charge in [-0.15, -0.1) is 0 Å². The van der Waals surface area contributed by atoms with Crippen molar-refractivity contribution in [3.8, 4) is 0 Å². The summed E-state index contributed by atoms with van der Waals surface area (Å²) in [7, 11) is -2.84. The lowest BCUT2D eigenvalue weighted by atomic mass is 10.1. The molecule has 0 saturated heterocycles. The van der Waals surface area contributed by atoms with Crippen molar-refractivity contribution in [2.24, 2.45) is 0 Å². The fourth-order valence-electron chi connectivity index (χ4n) is 2.36. The number of carbonyl (C=O) groups is 1. The highest BCUT2D eigenvalue weighted by atomic mass is 32.2. The molecule has 2 aromatic carbocycles. The first kappa shape index (κ1) is 19.7. The van der Waals surface area contributed by atoms with Crippen molar-refractivity contribution in [3.05, 3.63) is 70.8 Å². The largest absolute Gasteiger partial charge is 0.465 e. The highest BCUT2D eigenvalue weighted by Crippen LogP contribution is 2.22. The van der Waals surface area contributed by atoms with E-state index in [0.29, 0.717) is 5.69 Å². The molecule has 0 amide bonds. The molecule has 5 nitrogen and oxygen atoms in total. The Kier molecular flexibility index (Phi) is 6.58. The number of nitrogens with one attached hydrogen (secondary N) is 1. The van der Waals surface area contributed by atoms with Crippen molar-refractivity contribution in [2.45, 2.75) is 31.6 Å². The van der Waals surface area contributed by atoms with E-state index in [1.54, 1.807) is 12.1 Å². The molecule has 0 aliphatic heterocycles. The Hall–Kier alpha value is -2.60. The van der Waals surface area contributed by atoms with Crippen LogP contribution in [0.1, 0.15) is 25.0 Å². The molecule has 1 N–H and O–H groups in total. The van der Waals surface area contributed by atoms with E-state index in [9.17, 15) is 13.2 Å². The van der Waals surface area contributed by atoms with Gasteiger partial charge in [-0.2, -0.15) is 0 Å². The van der Waals surface area contributed by atoms with Gasteiger partial charge in [-0.1, -0.05) is 38.1 Å². The van der Waals surface area contributed by atoms with Crippen LogP contribution in [-0.2, 0) is 32.2 Å². The fraction of sp³-hybridized carbons (Fsp3) is 0.250. The summed E-state index contributed by atoms with van der Waals surface area (Å²) in [5.74, 6) is -0.915. The lowest BCUT2D eigenvalue weighted by molar-refractivity contribution is -0.135. The summed E-state index contributed by atoms with van der Waals surface area (Å²) in [4.78, 5) is 11.7. The summed E-state index contributed by atoms with van der Waals surface area (Å²) in [6, 6.07) is 14.0. The van der Waals surface area contributed by atoms with Crippen LogP contribution in [0.3, 0.4) is 0 Å². The van der Waals surface area contributed by atoms with Crippen molar-refractivity contribution in [3.63, 3.8) is 0 Å². The van der Waals surface area contributed by atoms with Crippen LogP contribution >= 0.6 is 0 Å². The Morgan fingerprint density at radius 3 is 1.92 bits per heavy atom. The Balaban J connectivity index is 2.36. The zero-order valence-electron chi connectivity index (χ0n) is 15.2. The average molecular weight is 373 g/mol. The van der Waals surface area contributed by atoms with Gasteiger partial charge in [-0.05, 0) is 48.2 Å². The van der Waals surface area contributed by atoms with Crippen molar-refractivity contribution < 1.29 is 17.9 Å². The lowest BCUT2D eigenvalue weighted by Gasteiger charge is -2.09. The van der Waals surface area contributed by atoms with Crippen LogP contribution in [0.15, 0.2) is 64.5 Å². The molecule has 0 fully saturated rings. The number of sulfone groups is 1. The molecule has 0 spiro atoms. The van der Waals surface area contributed by atoms with Crippen molar-refractivity contribution >= 4 is 21.5 Å². The van der Waals surface area contributed by atoms with Crippen LogP contribution in [0.2, 0.25) is 0 Å². The molecule has 138 valence electrons. The first-order valence-corrected chi connectivity index (χ1v) is 9.88. The Morgan fingerprint density at radius 2 is 1.46 bits per heavy atom. The van der Waals surface area contributed by atoms with E-state index in [4.69, 9.17) is 0 Å². The summed E-state index contributed by atoms with van der Waals surface area (Å²) in [5, 5.41) is 2.87. The summed E-state index contributed by atoms with van der Waals surface area (Å²) < 4.78 is 30.4. The van der Waals surface area contributed by atoms with Gasteiger partial charge in [-0.25, -0.2) is 13.2 Å². The van der Waals surface area contributed by atoms with Crippen LogP contribution in [0, 0.1) is 0 Å². The third-order valence-electron chi connectivity index (χ3n) is 4.05. The molecule has 0 radical (unpaired) electrons. The number of rotatable bonds is 7. The summed E-state index contributed by atoms with van der Waals surface area (Å²) in [6.07, 6.45) is 2.89. The second kappa shape index (κ2) is 8.67. The highest BCUT2D eigenvalue weighted by Gasteiger charge is 2.28. The monoisotopic (exact) mass is 373 g/mol. The predicted octanol–water partition coefficient (Wildman–Crippen LogP) is 3.71.